The summed E-state index contributed by atoms with van der Waals surface area (Å²) >= 11 is 0. The number of nitrogens with two attached hydrogens (primary N) is 1. The smallest absolute Gasteiger partial charge is 0.240 e. The van der Waals surface area contributed by atoms with Crippen LogP contribution in [0.2, 0.25) is 0 Å². The first-order valence-corrected chi connectivity index (χ1v) is 7.50. The average molecular weight is 308 g/mol. The van der Waals surface area contributed by atoms with Crippen LogP contribution >= 0.6 is 0 Å². The maximum Gasteiger partial charge on any atom is 0.240 e. The first kappa shape index (κ1) is 16.7. The fourth-order valence-corrected chi connectivity index (χ4v) is 2.27. The Morgan fingerprint density at radius 2 is 1.95 bits per heavy atom. The zero-order chi connectivity index (χ0) is 15.8. The number of carbonyl (C=O) groups is 1. The number of benzene rings is 1. The van der Waals surface area contributed by atoms with E-state index in [2.05, 4.69) is 5.32 Å². The van der Waals surface area contributed by atoms with Gasteiger partial charge < -0.3 is 25.3 Å². The quantitative estimate of drug-likeness (QED) is 0.729. The zero-order valence-electron chi connectivity index (χ0n) is 13.0. The van der Waals surface area contributed by atoms with Gasteiger partial charge in [0.1, 0.15) is 12.4 Å². The Bertz CT molecular complexity index is 470. The Hall–Kier alpha value is -1.63. The van der Waals surface area contributed by atoms with Crippen LogP contribution in [-0.2, 0) is 20.8 Å². The number of ether oxygens (including phenoxy) is 3. The van der Waals surface area contributed by atoms with Crippen molar-refractivity contribution in [3.63, 3.8) is 0 Å². The van der Waals surface area contributed by atoms with Gasteiger partial charge in [-0.3, -0.25) is 4.79 Å². The molecule has 1 aliphatic heterocycles. The summed E-state index contributed by atoms with van der Waals surface area (Å²) in [7, 11) is 1.64. The van der Waals surface area contributed by atoms with Crippen LogP contribution in [-0.4, -0.2) is 45.0 Å². The van der Waals surface area contributed by atoms with Gasteiger partial charge in [0, 0.05) is 26.9 Å². The van der Waals surface area contributed by atoms with Crippen molar-refractivity contribution in [2.45, 2.75) is 24.9 Å². The largest absolute Gasteiger partial charge is 0.491 e. The second kappa shape index (κ2) is 8.12. The minimum atomic E-state index is -0.804. The Labute approximate surface area is 130 Å². The summed E-state index contributed by atoms with van der Waals surface area (Å²) in [5.74, 6) is 0.670. The van der Waals surface area contributed by atoms with E-state index in [0.29, 0.717) is 45.8 Å². The van der Waals surface area contributed by atoms with E-state index in [9.17, 15) is 4.79 Å². The highest BCUT2D eigenvalue weighted by Gasteiger charge is 2.35. The van der Waals surface area contributed by atoms with Gasteiger partial charge in [0.05, 0.1) is 12.1 Å². The third-order valence-electron chi connectivity index (χ3n) is 3.77. The highest BCUT2D eigenvalue weighted by molar-refractivity contribution is 5.86. The fraction of sp³-hybridized carbons (Fsp3) is 0.562. The molecule has 1 saturated heterocycles. The molecule has 0 saturated carbocycles. The molecular formula is C16H24N2O4. The van der Waals surface area contributed by atoms with Crippen LogP contribution in [0, 0.1) is 0 Å². The summed E-state index contributed by atoms with van der Waals surface area (Å²) in [6, 6.07) is 7.61. The first-order chi connectivity index (χ1) is 10.6. The molecule has 6 nitrogen and oxygen atoms in total. The lowest BCUT2D eigenvalue weighted by Gasteiger charge is -2.31. The summed E-state index contributed by atoms with van der Waals surface area (Å²) in [6.45, 7) is 2.61. The van der Waals surface area contributed by atoms with Crippen molar-refractivity contribution in [3.8, 4) is 5.75 Å². The molecular weight excluding hydrogens is 284 g/mol. The molecule has 1 amide bonds. The van der Waals surface area contributed by atoms with E-state index < -0.39 is 5.54 Å². The standard InChI is InChI=1S/C16H24N2O4/c1-20-10-11-22-14-4-2-13(3-5-14)12-18-15(19)16(17)6-8-21-9-7-16/h2-5H,6-12,17H2,1H3,(H,18,19). The van der Waals surface area contributed by atoms with Crippen molar-refractivity contribution in [3.05, 3.63) is 29.8 Å². The number of rotatable bonds is 7. The van der Waals surface area contributed by atoms with Crippen molar-refractivity contribution in [2.75, 3.05) is 33.5 Å². The molecule has 2 rings (SSSR count). The summed E-state index contributed by atoms with van der Waals surface area (Å²) in [5.41, 5.74) is 6.33. The van der Waals surface area contributed by atoms with Crippen molar-refractivity contribution in [1.29, 1.82) is 0 Å². The number of nitrogens with one attached hydrogen (secondary N) is 1. The molecule has 0 aromatic heterocycles. The van der Waals surface area contributed by atoms with Gasteiger partial charge in [0.2, 0.25) is 5.91 Å². The molecule has 1 aromatic carbocycles. The summed E-state index contributed by atoms with van der Waals surface area (Å²) in [6.07, 6.45) is 1.12. The highest BCUT2D eigenvalue weighted by Crippen LogP contribution is 2.18. The maximum absolute atomic E-state index is 12.2. The van der Waals surface area contributed by atoms with Crippen LogP contribution in [0.15, 0.2) is 24.3 Å². The lowest BCUT2D eigenvalue weighted by Crippen LogP contribution is -2.56. The van der Waals surface area contributed by atoms with Crippen molar-refractivity contribution in [1.82, 2.24) is 5.32 Å². The van der Waals surface area contributed by atoms with Crippen LogP contribution in [0.5, 0.6) is 5.75 Å². The first-order valence-electron chi connectivity index (χ1n) is 7.50. The van der Waals surface area contributed by atoms with Crippen LogP contribution < -0.4 is 15.8 Å². The molecule has 1 heterocycles. The minimum Gasteiger partial charge on any atom is -0.491 e. The second-order valence-corrected chi connectivity index (χ2v) is 5.44. The van der Waals surface area contributed by atoms with E-state index in [4.69, 9.17) is 19.9 Å². The van der Waals surface area contributed by atoms with E-state index in [1.165, 1.54) is 0 Å². The fourth-order valence-electron chi connectivity index (χ4n) is 2.27. The number of methoxy groups -OCH3 is 1. The molecule has 0 spiro atoms. The molecule has 22 heavy (non-hydrogen) atoms. The molecule has 3 N–H and O–H groups in total. The molecule has 0 bridgehead atoms. The van der Waals surface area contributed by atoms with E-state index in [-0.39, 0.29) is 5.91 Å². The average Bonchev–Trinajstić information content (AvgIpc) is 2.55. The predicted octanol–water partition coefficient (Wildman–Crippen LogP) is 0.836. The van der Waals surface area contributed by atoms with Crippen LogP contribution in [0.3, 0.4) is 0 Å². The topological polar surface area (TPSA) is 82.8 Å². The van der Waals surface area contributed by atoms with Gasteiger partial charge in [0.25, 0.3) is 0 Å². The number of hydrogen-bond acceptors (Lipinski definition) is 5. The Balaban J connectivity index is 1.79. The lowest BCUT2D eigenvalue weighted by atomic mass is 9.90. The number of hydrogen-bond donors (Lipinski definition) is 2. The van der Waals surface area contributed by atoms with Gasteiger partial charge in [-0.25, -0.2) is 0 Å². The molecule has 0 aliphatic carbocycles. The Morgan fingerprint density at radius 3 is 2.59 bits per heavy atom. The molecule has 1 fully saturated rings. The van der Waals surface area contributed by atoms with Gasteiger partial charge in [0.15, 0.2) is 0 Å². The minimum absolute atomic E-state index is 0.115. The van der Waals surface area contributed by atoms with Crippen molar-refractivity contribution >= 4 is 5.91 Å². The molecule has 1 aromatic rings. The molecule has 0 radical (unpaired) electrons. The summed E-state index contributed by atoms with van der Waals surface area (Å²) in [4.78, 5) is 12.2. The number of carbonyl (C=O) groups excluding carboxylic acids is 1. The van der Waals surface area contributed by atoms with E-state index >= 15 is 0 Å². The maximum atomic E-state index is 12.2. The van der Waals surface area contributed by atoms with Crippen LogP contribution in [0.4, 0.5) is 0 Å². The Morgan fingerprint density at radius 1 is 1.27 bits per heavy atom. The summed E-state index contributed by atoms with van der Waals surface area (Å²) < 4.78 is 15.7. The molecule has 0 atom stereocenters. The zero-order valence-corrected chi connectivity index (χ0v) is 13.0. The second-order valence-electron chi connectivity index (χ2n) is 5.44. The normalized spacial score (nSPS) is 17.0. The van der Waals surface area contributed by atoms with Gasteiger partial charge >= 0.3 is 0 Å². The van der Waals surface area contributed by atoms with Crippen LogP contribution in [0.25, 0.3) is 0 Å². The SMILES string of the molecule is COCCOc1ccc(CNC(=O)C2(N)CCOCC2)cc1. The van der Waals surface area contributed by atoms with Crippen molar-refractivity contribution in [2.24, 2.45) is 5.73 Å². The molecule has 122 valence electrons. The molecule has 6 heteroatoms. The monoisotopic (exact) mass is 308 g/mol. The van der Waals surface area contributed by atoms with Gasteiger partial charge in [-0.2, -0.15) is 0 Å². The van der Waals surface area contributed by atoms with Crippen LogP contribution in [0.1, 0.15) is 18.4 Å². The predicted molar refractivity (Wildman–Crippen MR) is 82.6 cm³/mol. The lowest BCUT2D eigenvalue weighted by molar-refractivity contribution is -0.129. The van der Waals surface area contributed by atoms with Gasteiger partial charge in [-0.15, -0.1) is 0 Å². The molecule has 0 unspecified atom stereocenters. The van der Waals surface area contributed by atoms with E-state index in [1.807, 2.05) is 24.3 Å². The van der Waals surface area contributed by atoms with Crippen molar-refractivity contribution < 1.29 is 19.0 Å². The summed E-state index contributed by atoms with van der Waals surface area (Å²) in [5, 5.41) is 2.90. The molecule has 1 aliphatic rings. The third kappa shape index (κ3) is 4.69. The number of amides is 1. The third-order valence-corrected chi connectivity index (χ3v) is 3.77. The van der Waals surface area contributed by atoms with Gasteiger partial charge in [-0.05, 0) is 30.5 Å². The highest BCUT2D eigenvalue weighted by atomic mass is 16.5. The van der Waals surface area contributed by atoms with E-state index in [1.54, 1.807) is 7.11 Å². The Kier molecular flexibility index (Phi) is 6.18. The van der Waals surface area contributed by atoms with Gasteiger partial charge in [-0.1, -0.05) is 12.1 Å². The van der Waals surface area contributed by atoms with E-state index in [0.717, 1.165) is 11.3 Å².